The molecule has 0 aliphatic heterocycles. The van der Waals surface area contributed by atoms with Crippen molar-refractivity contribution in [2.24, 2.45) is 0 Å². The summed E-state index contributed by atoms with van der Waals surface area (Å²) >= 11 is 0. The minimum Gasteiger partial charge on any atom is -0.432 e. The van der Waals surface area contributed by atoms with Crippen molar-refractivity contribution >= 4 is 22.6 Å². The Morgan fingerprint density at radius 3 is 2.82 bits per heavy atom. The molecule has 2 aromatic heterocycles. The number of hydrogen-bond acceptors (Lipinski definition) is 4. The summed E-state index contributed by atoms with van der Waals surface area (Å²) in [6, 6.07) is 13.7. The van der Waals surface area contributed by atoms with Crippen LogP contribution in [0.2, 0.25) is 0 Å². The van der Waals surface area contributed by atoms with Crippen LogP contribution in [-0.2, 0) is 6.42 Å². The van der Waals surface area contributed by atoms with Gasteiger partial charge in [-0.3, -0.25) is 4.98 Å². The highest BCUT2D eigenvalue weighted by atomic mass is 19.3. The Balaban J connectivity index is 1.43. The van der Waals surface area contributed by atoms with Crippen LogP contribution >= 0.6 is 0 Å². The molecule has 0 bridgehead atoms. The van der Waals surface area contributed by atoms with Crippen LogP contribution in [0.3, 0.4) is 0 Å². The van der Waals surface area contributed by atoms with Gasteiger partial charge in [0.15, 0.2) is 5.75 Å². The number of nitrogens with one attached hydrogen (secondary N) is 2. The third-order valence-electron chi connectivity index (χ3n) is 5.88. The molecule has 2 N–H and O–H groups in total. The van der Waals surface area contributed by atoms with Crippen molar-refractivity contribution in [2.45, 2.75) is 31.5 Å². The van der Waals surface area contributed by atoms with Crippen LogP contribution in [0.15, 0.2) is 73.4 Å². The van der Waals surface area contributed by atoms with E-state index in [2.05, 4.69) is 31.4 Å². The van der Waals surface area contributed by atoms with E-state index in [9.17, 15) is 13.6 Å². The fraction of sp³-hybridized carbons (Fsp3) is 0.208. The number of hydrogen-bond donors (Lipinski definition) is 2. The van der Waals surface area contributed by atoms with Crippen LogP contribution in [0.25, 0.3) is 10.9 Å². The van der Waals surface area contributed by atoms with Gasteiger partial charge in [0.2, 0.25) is 0 Å². The smallest absolute Gasteiger partial charge is 0.387 e. The molecule has 7 nitrogen and oxygen atoms in total. The maximum absolute atomic E-state index is 13.1. The second kappa shape index (κ2) is 8.85. The van der Waals surface area contributed by atoms with Gasteiger partial charge in [-0.25, -0.2) is 9.78 Å². The van der Waals surface area contributed by atoms with E-state index in [0.717, 1.165) is 18.4 Å². The minimum absolute atomic E-state index is 0.00776. The number of benzene rings is 2. The summed E-state index contributed by atoms with van der Waals surface area (Å²) < 4.78 is 32.1. The zero-order valence-electron chi connectivity index (χ0n) is 17.5. The standard InChI is InChI=1S/C24H21F2N5O2/c25-23(26)33-20-10-8-18(17-6-3-11-28-22(17)20)29-24(32)30-21-16-5-2-1-4-15(16)7-9-19(21)31-13-12-27-14-31/h1-6,8,10-14,19,21,23H,7,9H2,(H2,29,30,32)/t19-,21-/m0/s1. The van der Waals surface area contributed by atoms with Gasteiger partial charge in [-0.15, -0.1) is 0 Å². The van der Waals surface area contributed by atoms with Crippen LogP contribution < -0.4 is 15.4 Å². The number of alkyl halides is 2. The lowest BCUT2D eigenvalue weighted by atomic mass is 9.84. The van der Waals surface area contributed by atoms with Gasteiger partial charge in [0.05, 0.1) is 24.1 Å². The number of aromatic nitrogens is 3. The zero-order valence-corrected chi connectivity index (χ0v) is 17.5. The molecule has 0 saturated heterocycles. The Morgan fingerprint density at radius 1 is 1.12 bits per heavy atom. The molecule has 33 heavy (non-hydrogen) atoms. The van der Waals surface area contributed by atoms with Crippen molar-refractivity contribution < 1.29 is 18.3 Å². The van der Waals surface area contributed by atoms with E-state index in [1.54, 1.807) is 24.7 Å². The molecule has 0 saturated carbocycles. The molecule has 4 aromatic rings. The van der Waals surface area contributed by atoms with Crippen molar-refractivity contribution in [1.82, 2.24) is 19.9 Å². The number of carbonyl (C=O) groups excluding carboxylic acids is 1. The summed E-state index contributed by atoms with van der Waals surface area (Å²) in [5.74, 6) is -0.0482. The molecular formula is C24H21F2N5O2. The summed E-state index contributed by atoms with van der Waals surface area (Å²) in [6.45, 7) is -2.97. The lowest BCUT2D eigenvalue weighted by Gasteiger charge is -2.35. The number of aryl methyl sites for hydroxylation is 1. The SMILES string of the molecule is O=C(Nc1ccc(OC(F)F)c2ncccc12)N[C@H]1c2ccccc2CC[C@@H]1n1ccnc1. The number of fused-ring (bicyclic) bond motifs is 2. The Bertz CT molecular complexity index is 1280. The number of nitrogens with zero attached hydrogens (tertiary/aromatic N) is 3. The lowest BCUT2D eigenvalue weighted by molar-refractivity contribution is -0.0489. The van der Waals surface area contributed by atoms with Gasteiger partial charge in [-0.05, 0) is 48.2 Å². The fourth-order valence-corrected chi connectivity index (χ4v) is 4.45. The molecule has 2 heterocycles. The highest BCUT2D eigenvalue weighted by molar-refractivity contribution is 6.02. The maximum atomic E-state index is 13.1. The monoisotopic (exact) mass is 449 g/mol. The lowest BCUT2D eigenvalue weighted by Crippen LogP contribution is -2.39. The first-order chi connectivity index (χ1) is 16.1. The Kier molecular flexibility index (Phi) is 5.60. The Labute approximate surface area is 188 Å². The average molecular weight is 449 g/mol. The molecule has 0 spiro atoms. The van der Waals surface area contributed by atoms with Gasteiger partial charge in [0, 0.05) is 24.0 Å². The minimum atomic E-state index is -2.97. The third-order valence-corrected chi connectivity index (χ3v) is 5.88. The molecule has 168 valence electrons. The molecule has 5 rings (SSSR count). The van der Waals surface area contributed by atoms with Crippen LogP contribution in [0, 0.1) is 0 Å². The number of anilines is 1. The summed E-state index contributed by atoms with van der Waals surface area (Å²) in [7, 11) is 0. The van der Waals surface area contributed by atoms with E-state index in [1.807, 2.05) is 29.0 Å². The molecule has 2 atom stereocenters. The van der Waals surface area contributed by atoms with Crippen molar-refractivity contribution in [3.05, 3.63) is 84.6 Å². The fourth-order valence-electron chi connectivity index (χ4n) is 4.45. The average Bonchev–Trinajstić information content (AvgIpc) is 3.35. The number of rotatable bonds is 5. The summed E-state index contributed by atoms with van der Waals surface area (Å²) in [5, 5.41) is 6.46. The van der Waals surface area contributed by atoms with E-state index in [4.69, 9.17) is 0 Å². The van der Waals surface area contributed by atoms with Gasteiger partial charge in [-0.2, -0.15) is 8.78 Å². The largest absolute Gasteiger partial charge is 0.432 e. The van der Waals surface area contributed by atoms with Crippen LogP contribution in [0.1, 0.15) is 29.6 Å². The molecule has 1 aliphatic rings. The molecule has 0 fully saturated rings. The van der Waals surface area contributed by atoms with Gasteiger partial charge >= 0.3 is 12.6 Å². The van der Waals surface area contributed by atoms with Crippen molar-refractivity contribution in [1.29, 1.82) is 0 Å². The number of ether oxygens (including phenoxy) is 1. The van der Waals surface area contributed by atoms with E-state index in [-0.39, 0.29) is 23.3 Å². The van der Waals surface area contributed by atoms with Crippen LogP contribution in [-0.4, -0.2) is 27.2 Å². The summed E-state index contributed by atoms with van der Waals surface area (Å²) in [5.41, 5.74) is 2.95. The van der Waals surface area contributed by atoms with Gasteiger partial charge < -0.3 is 19.9 Å². The van der Waals surface area contributed by atoms with Crippen molar-refractivity contribution in [3.63, 3.8) is 0 Å². The van der Waals surface area contributed by atoms with Crippen molar-refractivity contribution in [3.8, 4) is 5.75 Å². The van der Waals surface area contributed by atoms with Gasteiger partial charge in [0.25, 0.3) is 0 Å². The van der Waals surface area contributed by atoms with E-state index >= 15 is 0 Å². The van der Waals surface area contributed by atoms with Crippen molar-refractivity contribution in [2.75, 3.05) is 5.32 Å². The second-order valence-electron chi connectivity index (χ2n) is 7.78. The molecule has 2 amide bonds. The predicted octanol–water partition coefficient (Wildman–Crippen LogP) is 5.08. The number of urea groups is 1. The Morgan fingerprint density at radius 2 is 2.00 bits per heavy atom. The van der Waals surface area contributed by atoms with Crippen LogP contribution in [0.5, 0.6) is 5.75 Å². The number of pyridine rings is 1. The number of carbonyl (C=O) groups is 1. The number of halogens is 2. The molecule has 9 heteroatoms. The highest BCUT2D eigenvalue weighted by Crippen LogP contribution is 2.38. The highest BCUT2D eigenvalue weighted by Gasteiger charge is 2.31. The number of imidazole rings is 1. The molecule has 0 radical (unpaired) electrons. The molecule has 0 unspecified atom stereocenters. The van der Waals surface area contributed by atoms with E-state index < -0.39 is 12.6 Å². The second-order valence-corrected chi connectivity index (χ2v) is 7.78. The summed E-state index contributed by atoms with van der Waals surface area (Å²) in [6.07, 6.45) is 8.61. The van der Waals surface area contributed by atoms with Gasteiger partial charge in [0.1, 0.15) is 5.52 Å². The third kappa shape index (κ3) is 4.21. The van der Waals surface area contributed by atoms with Gasteiger partial charge in [-0.1, -0.05) is 24.3 Å². The summed E-state index contributed by atoms with van der Waals surface area (Å²) in [4.78, 5) is 21.4. The quantitative estimate of drug-likeness (QED) is 0.445. The topological polar surface area (TPSA) is 81.1 Å². The molecule has 1 aliphatic carbocycles. The maximum Gasteiger partial charge on any atom is 0.387 e. The first kappa shape index (κ1) is 20.9. The first-order valence-corrected chi connectivity index (χ1v) is 10.6. The number of amides is 2. The van der Waals surface area contributed by atoms with E-state index in [1.165, 1.54) is 23.9 Å². The van der Waals surface area contributed by atoms with E-state index in [0.29, 0.717) is 11.1 Å². The molecule has 2 aromatic carbocycles. The Hall–Kier alpha value is -4.01. The predicted molar refractivity (Wildman–Crippen MR) is 119 cm³/mol. The first-order valence-electron chi connectivity index (χ1n) is 10.6. The zero-order chi connectivity index (χ0) is 22.8. The van der Waals surface area contributed by atoms with Crippen LogP contribution in [0.4, 0.5) is 19.3 Å². The normalized spacial score (nSPS) is 17.5. The molecular weight excluding hydrogens is 428 g/mol.